The minimum Gasteiger partial charge on any atom is -0.481 e. The van der Waals surface area contributed by atoms with Crippen LogP contribution in [0.2, 0.25) is 0 Å². The van der Waals surface area contributed by atoms with Gasteiger partial charge in [0, 0.05) is 17.6 Å². The summed E-state index contributed by atoms with van der Waals surface area (Å²) in [6.07, 6.45) is 1.48. The quantitative estimate of drug-likeness (QED) is 0.643. The van der Waals surface area contributed by atoms with E-state index in [4.69, 9.17) is 5.11 Å². The van der Waals surface area contributed by atoms with Crippen molar-refractivity contribution in [1.82, 2.24) is 0 Å². The summed E-state index contributed by atoms with van der Waals surface area (Å²) < 4.78 is 0. The molecular formula is C11H13NO3S. The molecule has 1 aromatic rings. The van der Waals surface area contributed by atoms with Crippen LogP contribution in [0, 0.1) is 0 Å². The Labute approximate surface area is 98.3 Å². The number of carboxylic acids is 1. The van der Waals surface area contributed by atoms with E-state index in [9.17, 15) is 9.59 Å². The second-order valence-corrected chi connectivity index (χ2v) is 4.10. The topological polar surface area (TPSA) is 57.6 Å². The van der Waals surface area contributed by atoms with Crippen LogP contribution in [0.4, 0.5) is 5.69 Å². The number of anilines is 1. The van der Waals surface area contributed by atoms with Crippen molar-refractivity contribution in [1.29, 1.82) is 0 Å². The molecule has 1 N–H and O–H groups in total. The fraction of sp³-hybridized carbons (Fsp3) is 0.273. The summed E-state index contributed by atoms with van der Waals surface area (Å²) in [4.78, 5) is 24.3. The molecule has 0 spiro atoms. The third kappa shape index (κ3) is 3.27. The fourth-order valence-electron chi connectivity index (χ4n) is 1.20. The molecule has 0 aliphatic rings. The van der Waals surface area contributed by atoms with Gasteiger partial charge in [0.15, 0.2) is 0 Å². The van der Waals surface area contributed by atoms with E-state index >= 15 is 0 Å². The number of rotatable bonds is 4. The van der Waals surface area contributed by atoms with Crippen LogP contribution >= 0.6 is 11.8 Å². The van der Waals surface area contributed by atoms with E-state index in [1.807, 2.05) is 18.4 Å². The summed E-state index contributed by atoms with van der Waals surface area (Å²) >= 11 is 1.61. The number of amides is 1. The van der Waals surface area contributed by atoms with Gasteiger partial charge in [0.25, 0.3) is 0 Å². The summed E-state index contributed by atoms with van der Waals surface area (Å²) in [7, 11) is 1.57. The van der Waals surface area contributed by atoms with Crippen molar-refractivity contribution in [2.45, 2.75) is 11.3 Å². The van der Waals surface area contributed by atoms with Crippen LogP contribution in [-0.4, -0.2) is 30.3 Å². The highest BCUT2D eigenvalue weighted by atomic mass is 32.2. The first-order chi connectivity index (χ1) is 7.54. The van der Waals surface area contributed by atoms with Gasteiger partial charge in [0.1, 0.15) is 6.42 Å². The number of aliphatic carboxylic acids is 1. The lowest BCUT2D eigenvalue weighted by molar-refractivity contribution is -0.140. The highest BCUT2D eigenvalue weighted by molar-refractivity contribution is 7.98. The molecule has 86 valence electrons. The predicted molar refractivity (Wildman–Crippen MR) is 63.9 cm³/mol. The number of carboxylic acid groups (broad SMARTS) is 1. The van der Waals surface area contributed by atoms with E-state index in [-0.39, 0.29) is 0 Å². The summed E-state index contributed by atoms with van der Waals surface area (Å²) in [5.41, 5.74) is 0.698. The fourth-order valence-corrected chi connectivity index (χ4v) is 1.61. The summed E-state index contributed by atoms with van der Waals surface area (Å²) in [5.74, 6) is -1.54. The van der Waals surface area contributed by atoms with Crippen LogP contribution in [0.5, 0.6) is 0 Å². The highest BCUT2D eigenvalue weighted by Gasteiger charge is 2.14. The number of thioether (sulfide) groups is 1. The molecule has 0 radical (unpaired) electrons. The molecule has 0 aliphatic heterocycles. The monoisotopic (exact) mass is 239 g/mol. The van der Waals surface area contributed by atoms with Gasteiger partial charge in [0.2, 0.25) is 5.91 Å². The molecule has 0 heterocycles. The van der Waals surface area contributed by atoms with E-state index in [1.165, 1.54) is 4.90 Å². The maximum atomic E-state index is 11.4. The standard InChI is InChI=1S/C11H13NO3S/c1-12(10(13)7-11(14)15)8-3-5-9(16-2)6-4-8/h3-6H,7H2,1-2H3,(H,14,15). The van der Waals surface area contributed by atoms with Crippen LogP contribution in [0.3, 0.4) is 0 Å². The molecule has 0 atom stereocenters. The van der Waals surface area contributed by atoms with E-state index < -0.39 is 18.3 Å². The van der Waals surface area contributed by atoms with Gasteiger partial charge in [0.05, 0.1) is 0 Å². The molecule has 0 aliphatic carbocycles. The van der Waals surface area contributed by atoms with Gasteiger partial charge in [-0.05, 0) is 30.5 Å². The van der Waals surface area contributed by atoms with Crippen molar-refractivity contribution in [2.75, 3.05) is 18.2 Å². The van der Waals surface area contributed by atoms with E-state index in [0.29, 0.717) is 5.69 Å². The van der Waals surface area contributed by atoms with Gasteiger partial charge in [-0.1, -0.05) is 0 Å². The summed E-state index contributed by atoms with van der Waals surface area (Å²) in [6, 6.07) is 7.38. The second-order valence-electron chi connectivity index (χ2n) is 3.22. The zero-order valence-corrected chi connectivity index (χ0v) is 9.95. The van der Waals surface area contributed by atoms with Gasteiger partial charge in [-0.3, -0.25) is 9.59 Å². The second kappa shape index (κ2) is 5.55. The van der Waals surface area contributed by atoms with Crippen LogP contribution in [0.15, 0.2) is 29.2 Å². The Balaban J connectivity index is 2.75. The zero-order chi connectivity index (χ0) is 12.1. The van der Waals surface area contributed by atoms with Crippen LogP contribution in [0.1, 0.15) is 6.42 Å². The maximum absolute atomic E-state index is 11.4. The van der Waals surface area contributed by atoms with Crippen molar-refractivity contribution < 1.29 is 14.7 Å². The van der Waals surface area contributed by atoms with Gasteiger partial charge in [-0.2, -0.15) is 0 Å². The lowest BCUT2D eigenvalue weighted by Gasteiger charge is -2.16. The molecule has 0 fully saturated rings. The van der Waals surface area contributed by atoms with Crippen molar-refractivity contribution >= 4 is 29.3 Å². The Hall–Kier alpha value is -1.49. The van der Waals surface area contributed by atoms with Crippen LogP contribution in [0.25, 0.3) is 0 Å². The number of hydrogen-bond donors (Lipinski definition) is 1. The minimum absolute atomic E-state index is 0.426. The van der Waals surface area contributed by atoms with Gasteiger partial charge >= 0.3 is 5.97 Å². The third-order valence-electron chi connectivity index (χ3n) is 2.14. The van der Waals surface area contributed by atoms with Gasteiger partial charge < -0.3 is 10.0 Å². The largest absolute Gasteiger partial charge is 0.481 e. The SMILES string of the molecule is CSc1ccc(N(C)C(=O)CC(=O)O)cc1. The Morgan fingerprint density at radius 2 is 1.88 bits per heavy atom. The lowest BCUT2D eigenvalue weighted by atomic mass is 10.3. The molecular weight excluding hydrogens is 226 g/mol. The van der Waals surface area contributed by atoms with Gasteiger partial charge in [-0.15, -0.1) is 11.8 Å². The molecule has 0 aromatic heterocycles. The molecule has 0 saturated carbocycles. The van der Waals surface area contributed by atoms with E-state index in [1.54, 1.807) is 30.9 Å². The first kappa shape index (κ1) is 12.6. The molecule has 4 nitrogen and oxygen atoms in total. The Bertz CT molecular complexity index is 389. The van der Waals surface area contributed by atoms with Crippen molar-refractivity contribution in [3.05, 3.63) is 24.3 Å². The molecule has 1 aromatic carbocycles. The first-order valence-corrected chi connectivity index (χ1v) is 5.89. The van der Waals surface area contributed by atoms with Crippen LogP contribution < -0.4 is 4.90 Å². The van der Waals surface area contributed by atoms with Crippen molar-refractivity contribution in [3.8, 4) is 0 Å². The first-order valence-electron chi connectivity index (χ1n) is 4.67. The molecule has 0 saturated heterocycles. The molecule has 1 amide bonds. The smallest absolute Gasteiger partial charge is 0.312 e. The number of hydrogen-bond acceptors (Lipinski definition) is 3. The van der Waals surface area contributed by atoms with Crippen LogP contribution in [-0.2, 0) is 9.59 Å². The minimum atomic E-state index is -1.11. The van der Waals surface area contributed by atoms with Gasteiger partial charge in [-0.25, -0.2) is 0 Å². The Morgan fingerprint density at radius 1 is 1.31 bits per heavy atom. The number of carbonyl (C=O) groups is 2. The Kier molecular flexibility index (Phi) is 4.37. The number of benzene rings is 1. The number of carbonyl (C=O) groups excluding carboxylic acids is 1. The van der Waals surface area contributed by atoms with Crippen molar-refractivity contribution in [3.63, 3.8) is 0 Å². The summed E-state index contributed by atoms with van der Waals surface area (Å²) in [6.45, 7) is 0. The third-order valence-corrected chi connectivity index (χ3v) is 2.88. The summed E-state index contributed by atoms with van der Waals surface area (Å²) in [5, 5.41) is 8.51. The molecule has 5 heteroatoms. The average Bonchev–Trinajstić information content (AvgIpc) is 2.27. The molecule has 16 heavy (non-hydrogen) atoms. The average molecular weight is 239 g/mol. The zero-order valence-electron chi connectivity index (χ0n) is 9.14. The molecule has 0 unspecified atom stereocenters. The van der Waals surface area contributed by atoms with Crippen molar-refractivity contribution in [2.24, 2.45) is 0 Å². The van der Waals surface area contributed by atoms with E-state index in [2.05, 4.69) is 0 Å². The number of nitrogens with zero attached hydrogens (tertiary/aromatic N) is 1. The Morgan fingerprint density at radius 3 is 2.31 bits per heavy atom. The molecule has 0 bridgehead atoms. The maximum Gasteiger partial charge on any atom is 0.312 e. The molecule has 1 rings (SSSR count). The highest BCUT2D eigenvalue weighted by Crippen LogP contribution is 2.20. The normalized spacial score (nSPS) is 9.88. The lowest BCUT2D eigenvalue weighted by Crippen LogP contribution is -2.28. The predicted octanol–water partition coefficient (Wildman–Crippen LogP) is 1.85. The van der Waals surface area contributed by atoms with E-state index in [0.717, 1.165) is 4.90 Å².